The molecule has 0 spiro atoms. The van der Waals surface area contributed by atoms with Crippen molar-refractivity contribution in [1.82, 2.24) is 10.2 Å². The summed E-state index contributed by atoms with van der Waals surface area (Å²) in [6.07, 6.45) is 0. The second-order valence-corrected chi connectivity index (χ2v) is 6.01. The van der Waals surface area contributed by atoms with Crippen molar-refractivity contribution in [2.45, 2.75) is 13.0 Å². The highest BCUT2D eigenvalue weighted by Gasteiger charge is 2.29. The van der Waals surface area contributed by atoms with Crippen LogP contribution in [-0.4, -0.2) is 42.9 Å². The van der Waals surface area contributed by atoms with Gasteiger partial charge in [-0.3, -0.25) is 19.8 Å². The van der Waals surface area contributed by atoms with Crippen molar-refractivity contribution >= 4 is 23.5 Å². The minimum Gasteiger partial charge on any atom is -0.497 e. The lowest BCUT2D eigenvalue weighted by Gasteiger charge is -2.29. The molecular weight excluding hydrogens is 360 g/mol. The van der Waals surface area contributed by atoms with Crippen LogP contribution in [0.25, 0.3) is 0 Å². The third-order valence-electron chi connectivity index (χ3n) is 4.10. The number of benzene rings is 2. The molecular formula is C20H24N4O4. The average molecular weight is 384 g/mol. The van der Waals surface area contributed by atoms with Gasteiger partial charge in [0, 0.05) is 5.69 Å². The van der Waals surface area contributed by atoms with Crippen LogP contribution in [0.15, 0.2) is 54.6 Å². The molecule has 4 N–H and O–H groups in total. The molecule has 0 radical (unpaired) electrons. The second-order valence-electron chi connectivity index (χ2n) is 6.01. The molecule has 0 aliphatic heterocycles. The number of imide groups is 1. The fourth-order valence-corrected chi connectivity index (χ4v) is 2.80. The highest BCUT2D eigenvalue weighted by Crippen LogP contribution is 2.21. The zero-order valence-corrected chi connectivity index (χ0v) is 15.8. The van der Waals surface area contributed by atoms with E-state index in [9.17, 15) is 14.4 Å². The average Bonchev–Trinajstić information content (AvgIpc) is 2.68. The Labute approximate surface area is 163 Å². The first-order valence-electron chi connectivity index (χ1n) is 8.77. The Bertz CT molecular complexity index is 809. The molecule has 28 heavy (non-hydrogen) atoms. The number of hydrogen-bond donors (Lipinski definition) is 3. The normalized spacial score (nSPS) is 11.5. The Balaban J connectivity index is 2.16. The summed E-state index contributed by atoms with van der Waals surface area (Å²) in [6, 6.07) is 14.0. The molecule has 2 aromatic rings. The molecule has 0 heterocycles. The molecule has 0 unspecified atom stereocenters. The SMILES string of the molecule is CCN(CC(=O)Nc1ccc(OC)cc1)[C@H](C(=O)NC(N)=O)c1ccccc1. The predicted octanol–water partition coefficient (Wildman–Crippen LogP) is 1.89. The number of primary amides is 1. The molecule has 2 aromatic carbocycles. The molecule has 0 aliphatic carbocycles. The van der Waals surface area contributed by atoms with E-state index in [0.717, 1.165) is 0 Å². The van der Waals surface area contributed by atoms with Gasteiger partial charge < -0.3 is 15.8 Å². The Hall–Kier alpha value is -3.39. The number of nitrogens with one attached hydrogen (secondary N) is 2. The Morgan fingerprint density at radius 2 is 1.71 bits per heavy atom. The summed E-state index contributed by atoms with van der Waals surface area (Å²) in [5.74, 6) is -0.196. The Morgan fingerprint density at radius 3 is 2.25 bits per heavy atom. The highest BCUT2D eigenvalue weighted by atomic mass is 16.5. The summed E-state index contributed by atoms with van der Waals surface area (Å²) in [6.45, 7) is 2.18. The third-order valence-corrected chi connectivity index (χ3v) is 4.10. The van der Waals surface area contributed by atoms with Gasteiger partial charge >= 0.3 is 6.03 Å². The molecule has 0 bridgehead atoms. The van der Waals surface area contributed by atoms with Gasteiger partial charge in [-0.25, -0.2) is 4.79 Å². The number of rotatable bonds is 8. The van der Waals surface area contributed by atoms with Crippen LogP contribution >= 0.6 is 0 Å². The summed E-state index contributed by atoms with van der Waals surface area (Å²) < 4.78 is 5.09. The maximum atomic E-state index is 12.6. The molecule has 148 valence electrons. The van der Waals surface area contributed by atoms with E-state index in [1.165, 1.54) is 0 Å². The van der Waals surface area contributed by atoms with Crippen molar-refractivity contribution in [3.63, 3.8) is 0 Å². The van der Waals surface area contributed by atoms with Gasteiger partial charge in [-0.15, -0.1) is 0 Å². The Kier molecular flexibility index (Phi) is 7.53. The number of carbonyl (C=O) groups is 3. The van der Waals surface area contributed by atoms with Crippen LogP contribution in [0.2, 0.25) is 0 Å². The topological polar surface area (TPSA) is 114 Å². The van der Waals surface area contributed by atoms with E-state index in [0.29, 0.717) is 23.5 Å². The highest BCUT2D eigenvalue weighted by molar-refractivity contribution is 5.97. The molecule has 0 aliphatic rings. The number of amides is 4. The van der Waals surface area contributed by atoms with Gasteiger partial charge in [0.1, 0.15) is 11.8 Å². The lowest BCUT2D eigenvalue weighted by atomic mass is 10.0. The van der Waals surface area contributed by atoms with Gasteiger partial charge in [0.15, 0.2) is 0 Å². The fraction of sp³-hybridized carbons (Fsp3) is 0.250. The number of urea groups is 1. The molecule has 0 saturated carbocycles. The smallest absolute Gasteiger partial charge is 0.318 e. The maximum Gasteiger partial charge on any atom is 0.318 e. The summed E-state index contributed by atoms with van der Waals surface area (Å²) in [7, 11) is 1.56. The van der Waals surface area contributed by atoms with Crippen LogP contribution in [0.5, 0.6) is 5.75 Å². The molecule has 2 rings (SSSR count). The summed E-state index contributed by atoms with van der Waals surface area (Å²) in [4.78, 5) is 37.9. The van der Waals surface area contributed by atoms with Gasteiger partial charge in [-0.2, -0.15) is 0 Å². The molecule has 8 heteroatoms. The maximum absolute atomic E-state index is 12.6. The van der Waals surface area contributed by atoms with Gasteiger partial charge in [0.2, 0.25) is 11.8 Å². The molecule has 0 saturated heterocycles. The predicted molar refractivity (Wildman–Crippen MR) is 106 cm³/mol. The van der Waals surface area contributed by atoms with Gasteiger partial charge in [0.25, 0.3) is 0 Å². The van der Waals surface area contributed by atoms with Crippen molar-refractivity contribution < 1.29 is 19.1 Å². The van der Waals surface area contributed by atoms with Crippen LogP contribution in [0.3, 0.4) is 0 Å². The lowest BCUT2D eigenvalue weighted by molar-refractivity contribution is -0.127. The standard InChI is InChI=1S/C20H24N4O4/c1-3-24(13-17(25)22-15-9-11-16(28-2)12-10-15)18(19(26)23-20(21)27)14-7-5-4-6-8-14/h4-12,18H,3,13H2,1-2H3,(H,22,25)(H3,21,23,26,27)/t18-/m0/s1. The van der Waals surface area contributed by atoms with Crippen molar-refractivity contribution in [1.29, 1.82) is 0 Å². The van der Waals surface area contributed by atoms with Crippen molar-refractivity contribution in [2.24, 2.45) is 5.73 Å². The van der Waals surface area contributed by atoms with Gasteiger partial charge in [0.05, 0.1) is 13.7 Å². The van der Waals surface area contributed by atoms with Crippen molar-refractivity contribution in [3.05, 3.63) is 60.2 Å². The minimum absolute atomic E-state index is 0.0473. The molecule has 0 aromatic heterocycles. The number of nitrogens with zero attached hydrogens (tertiary/aromatic N) is 1. The number of hydrogen-bond acceptors (Lipinski definition) is 5. The van der Waals surface area contributed by atoms with Gasteiger partial charge in [-0.1, -0.05) is 37.3 Å². The van der Waals surface area contributed by atoms with Gasteiger partial charge in [-0.05, 0) is 36.4 Å². The first-order valence-corrected chi connectivity index (χ1v) is 8.77. The largest absolute Gasteiger partial charge is 0.497 e. The van der Waals surface area contributed by atoms with E-state index in [-0.39, 0.29) is 12.5 Å². The lowest BCUT2D eigenvalue weighted by Crippen LogP contribution is -2.46. The first-order chi connectivity index (χ1) is 13.4. The number of ether oxygens (including phenoxy) is 1. The minimum atomic E-state index is -0.940. The Morgan fingerprint density at radius 1 is 1.07 bits per heavy atom. The van der Waals surface area contributed by atoms with Crippen LogP contribution < -0.4 is 21.1 Å². The van der Waals surface area contributed by atoms with Crippen LogP contribution in [-0.2, 0) is 9.59 Å². The van der Waals surface area contributed by atoms with Crippen LogP contribution in [0, 0.1) is 0 Å². The van der Waals surface area contributed by atoms with E-state index in [1.54, 1.807) is 60.5 Å². The molecule has 8 nitrogen and oxygen atoms in total. The number of methoxy groups -OCH3 is 1. The monoisotopic (exact) mass is 384 g/mol. The van der Waals surface area contributed by atoms with E-state index in [4.69, 9.17) is 10.5 Å². The summed E-state index contributed by atoms with van der Waals surface area (Å²) >= 11 is 0. The van der Waals surface area contributed by atoms with E-state index in [1.807, 2.05) is 13.0 Å². The van der Waals surface area contributed by atoms with Crippen LogP contribution in [0.4, 0.5) is 10.5 Å². The first kappa shape index (κ1) is 20.9. The molecule has 1 atom stereocenters. The number of nitrogens with two attached hydrogens (primary N) is 1. The van der Waals surface area contributed by atoms with E-state index >= 15 is 0 Å². The second kappa shape index (κ2) is 10.1. The quantitative estimate of drug-likeness (QED) is 0.643. The summed E-state index contributed by atoms with van der Waals surface area (Å²) in [5, 5.41) is 4.89. The van der Waals surface area contributed by atoms with E-state index in [2.05, 4.69) is 10.6 Å². The number of carbonyl (C=O) groups excluding carboxylic acids is 3. The van der Waals surface area contributed by atoms with Crippen molar-refractivity contribution in [3.8, 4) is 5.75 Å². The van der Waals surface area contributed by atoms with Crippen LogP contribution in [0.1, 0.15) is 18.5 Å². The fourth-order valence-electron chi connectivity index (χ4n) is 2.80. The number of likely N-dealkylation sites (N-methyl/N-ethyl adjacent to an activating group) is 1. The van der Waals surface area contributed by atoms with E-state index < -0.39 is 18.0 Å². The summed E-state index contributed by atoms with van der Waals surface area (Å²) in [5.41, 5.74) is 6.36. The van der Waals surface area contributed by atoms with Crippen molar-refractivity contribution in [2.75, 3.05) is 25.5 Å². The zero-order valence-electron chi connectivity index (χ0n) is 15.8. The molecule has 0 fully saturated rings. The molecule has 4 amide bonds. The third kappa shape index (κ3) is 5.82. The number of anilines is 1. The zero-order chi connectivity index (χ0) is 20.5.